The predicted octanol–water partition coefficient (Wildman–Crippen LogP) is 3.78. The minimum Gasteiger partial charge on any atom is -0.497 e. The van der Waals surface area contributed by atoms with Gasteiger partial charge in [-0.25, -0.2) is 4.98 Å². The van der Waals surface area contributed by atoms with Crippen LogP contribution in [0.1, 0.15) is 5.56 Å². The molecule has 0 bridgehead atoms. The first kappa shape index (κ1) is 14.4. The fraction of sp³-hybridized carbons (Fsp3) is 0.105. The van der Waals surface area contributed by atoms with Crippen LogP contribution in [0.3, 0.4) is 0 Å². The predicted molar refractivity (Wildman–Crippen MR) is 92.9 cm³/mol. The second-order valence-electron chi connectivity index (χ2n) is 5.58. The number of aromatic nitrogens is 4. The maximum absolute atomic E-state index is 5.31. The topological polar surface area (TPSA) is 52.3 Å². The van der Waals surface area contributed by atoms with Gasteiger partial charge in [0.1, 0.15) is 5.75 Å². The van der Waals surface area contributed by atoms with Crippen molar-refractivity contribution in [3.05, 3.63) is 66.4 Å². The lowest BCUT2D eigenvalue weighted by atomic mass is 10.1. The van der Waals surface area contributed by atoms with Crippen LogP contribution >= 0.6 is 0 Å². The molecule has 0 radical (unpaired) electrons. The van der Waals surface area contributed by atoms with E-state index in [0.29, 0.717) is 11.6 Å². The van der Waals surface area contributed by atoms with Crippen molar-refractivity contribution in [2.75, 3.05) is 7.11 Å². The van der Waals surface area contributed by atoms with E-state index in [1.807, 2.05) is 42.5 Å². The Labute approximate surface area is 139 Å². The normalized spacial score (nSPS) is 10.9. The monoisotopic (exact) mass is 316 g/mol. The summed E-state index contributed by atoms with van der Waals surface area (Å²) in [5.41, 5.74) is 4.10. The molecule has 0 N–H and O–H groups in total. The number of hydrogen-bond acceptors (Lipinski definition) is 4. The molecular formula is C19H16N4O. The van der Waals surface area contributed by atoms with Crippen molar-refractivity contribution in [3.63, 3.8) is 0 Å². The van der Waals surface area contributed by atoms with E-state index < -0.39 is 0 Å². The zero-order valence-corrected chi connectivity index (χ0v) is 13.5. The summed E-state index contributed by atoms with van der Waals surface area (Å²) in [6, 6.07) is 17.9. The maximum Gasteiger partial charge on any atom is 0.253 e. The van der Waals surface area contributed by atoms with Gasteiger partial charge in [-0.05, 0) is 25.1 Å². The van der Waals surface area contributed by atoms with Gasteiger partial charge in [-0.3, -0.25) is 0 Å². The summed E-state index contributed by atoms with van der Waals surface area (Å²) in [5, 5.41) is 4.65. The van der Waals surface area contributed by atoms with E-state index in [9.17, 15) is 0 Å². The molecule has 4 aromatic rings. The van der Waals surface area contributed by atoms with E-state index in [-0.39, 0.29) is 0 Å². The van der Waals surface area contributed by atoms with Crippen molar-refractivity contribution in [2.24, 2.45) is 0 Å². The van der Waals surface area contributed by atoms with Crippen LogP contribution in [-0.2, 0) is 0 Å². The van der Waals surface area contributed by atoms with Crippen LogP contribution < -0.4 is 4.74 Å². The minimum atomic E-state index is 0.575. The highest BCUT2D eigenvalue weighted by Crippen LogP contribution is 2.25. The minimum absolute atomic E-state index is 0.575. The molecule has 2 aromatic heterocycles. The summed E-state index contributed by atoms with van der Waals surface area (Å²) >= 11 is 0. The molecule has 0 saturated carbocycles. The van der Waals surface area contributed by atoms with Crippen molar-refractivity contribution in [2.45, 2.75) is 6.92 Å². The van der Waals surface area contributed by atoms with E-state index in [2.05, 4.69) is 34.1 Å². The van der Waals surface area contributed by atoms with Gasteiger partial charge < -0.3 is 4.74 Å². The molecule has 118 valence electrons. The van der Waals surface area contributed by atoms with Crippen LogP contribution in [0.15, 0.2) is 60.8 Å². The van der Waals surface area contributed by atoms with Crippen LogP contribution in [-0.4, -0.2) is 26.7 Å². The molecule has 0 unspecified atom stereocenters. The van der Waals surface area contributed by atoms with Crippen molar-refractivity contribution in [1.29, 1.82) is 0 Å². The van der Waals surface area contributed by atoms with Crippen LogP contribution in [0.2, 0.25) is 0 Å². The van der Waals surface area contributed by atoms with E-state index >= 15 is 0 Å². The SMILES string of the molecule is COc1cccc(-c2ccnc3nc(-c4ccc(C)cc4)nn23)c1. The number of methoxy groups -OCH3 is 1. The summed E-state index contributed by atoms with van der Waals surface area (Å²) in [4.78, 5) is 8.88. The molecular weight excluding hydrogens is 300 g/mol. The van der Waals surface area contributed by atoms with Gasteiger partial charge in [0.05, 0.1) is 12.8 Å². The Morgan fingerprint density at radius 3 is 2.58 bits per heavy atom. The van der Waals surface area contributed by atoms with Crippen LogP contribution in [0.5, 0.6) is 5.75 Å². The fourth-order valence-electron chi connectivity index (χ4n) is 2.62. The van der Waals surface area contributed by atoms with Gasteiger partial charge in [0.25, 0.3) is 5.78 Å². The molecule has 5 nitrogen and oxygen atoms in total. The standard InChI is InChI=1S/C19H16N4O/c1-13-6-8-14(9-7-13)18-21-19-20-11-10-17(23(19)22-18)15-4-3-5-16(12-15)24-2/h3-12H,1-2H3. The molecule has 0 aliphatic carbocycles. The molecule has 0 aliphatic rings. The number of ether oxygens (including phenoxy) is 1. The first-order valence-electron chi connectivity index (χ1n) is 7.68. The van der Waals surface area contributed by atoms with E-state index in [1.165, 1.54) is 5.56 Å². The number of aryl methyl sites for hydroxylation is 1. The van der Waals surface area contributed by atoms with E-state index in [0.717, 1.165) is 22.6 Å². The lowest BCUT2D eigenvalue weighted by Gasteiger charge is -2.05. The first-order chi connectivity index (χ1) is 11.7. The first-order valence-corrected chi connectivity index (χ1v) is 7.68. The second kappa shape index (κ2) is 5.77. The van der Waals surface area contributed by atoms with Gasteiger partial charge >= 0.3 is 0 Å². The Balaban J connectivity index is 1.87. The van der Waals surface area contributed by atoms with Gasteiger partial charge in [-0.1, -0.05) is 42.0 Å². The zero-order chi connectivity index (χ0) is 16.5. The van der Waals surface area contributed by atoms with Crippen LogP contribution in [0.4, 0.5) is 0 Å². The smallest absolute Gasteiger partial charge is 0.253 e. The lowest BCUT2D eigenvalue weighted by Crippen LogP contribution is -1.96. The third-order valence-corrected chi connectivity index (χ3v) is 3.92. The molecule has 2 heterocycles. The number of hydrogen-bond donors (Lipinski definition) is 0. The molecule has 5 heteroatoms. The number of fused-ring (bicyclic) bond motifs is 1. The molecule has 0 spiro atoms. The van der Waals surface area contributed by atoms with E-state index in [4.69, 9.17) is 4.74 Å². The molecule has 0 aliphatic heterocycles. The zero-order valence-electron chi connectivity index (χ0n) is 13.5. The molecule has 0 atom stereocenters. The van der Waals surface area contributed by atoms with E-state index in [1.54, 1.807) is 17.8 Å². The Morgan fingerprint density at radius 2 is 1.79 bits per heavy atom. The summed E-state index contributed by atoms with van der Waals surface area (Å²) in [5.74, 6) is 2.04. The average molecular weight is 316 g/mol. The van der Waals surface area contributed by atoms with Gasteiger partial charge in [0.15, 0.2) is 5.82 Å². The van der Waals surface area contributed by atoms with Gasteiger partial charge in [-0.2, -0.15) is 9.50 Å². The third kappa shape index (κ3) is 2.50. The van der Waals surface area contributed by atoms with Crippen LogP contribution in [0, 0.1) is 6.92 Å². The van der Waals surface area contributed by atoms with Gasteiger partial charge in [0, 0.05) is 17.3 Å². The van der Waals surface area contributed by atoms with Crippen molar-refractivity contribution >= 4 is 5.78 Å². The Hall–Kier alpha value is -3.21. The number of benzene rings is 2. The van der Waals surface area contributed by atoms with Crippen molar-refractivity contribution in [1.82, 2.24) is 19.6 Å². The third-order valence-electron chi connectivity index (χ3n) is 3.92. The molecule has 4 rings (SSSR count). The highest BCUT2D eigenvalue weighted by molar-refractivity contribution is 5.65. The van der Waals surface area contributed by atoms with Crippen molar-refractivity contribution < 1.29 is 4.74 Å². The van der Waals surface area contributed by atoms with Crippen LogP contribution in [0.25, 0.3) is 28.4 Å². The summed E-state index contributed by atoms with van der Waals surface area (Å²) in [6.07, 6.45) is 1.75. The highest BCUT2D eigenvalue weighted by Gasteiger charge is 2.11. The molecule has 2 aromatic carbocycles. The van der Waals surface area contributed by atoms with Gasteiger partial charge in [0.2, 0.25) is 0 Å². The fourth-order valence-corrected chi connectivity index (χ4v) is 2.62. The molecule has 0 amide bonds. The summed E-state index contributed by atoms with van der Waals surface area (Å²) in [7, 11) is 1.66. The Bertz CT molecular complexity index is 1010. The largest absolute Gasteiger partial charge is 0.497 e. The average Bonchev–Trinajstić information content (AvgIpc) is 3.06. The summed E-state index contributed by atoms with van der Waals surface area (Å²) in [6.45, 7) is 2.06. The molecule has 0 saturated heterocycles. The van der Waals surface area contributed by atoms with Crippen molar-refractivity contribution in [3.8, 4) is 28.4 Å². The molecule has 24 heavy (non-hydrogen) atoms. The Morgan fingerprint density at radius 1 is 0.958 bits per heavy atom. The number of nitrogens with zero attached hydrogens (tertiary/aromatic N) is 4. The second-order valence-corrected chi connectivity index (χ2v) is 5.58. The quantitative estimate of drug-likeness (QED) is 0.577. The Kier molecular flexibility index (Phi) is 3.46. The molecule has 0 fully saturated rings. The van der Waals surface area contributed by atoms with Gasteiger partial charge in [-0.15, -0.1) is 5.10 Å². The highest BCUT2D eigenvalue weighted by atomic mass is 16.5. The lowest BCUT2D eigenvalue weighted by molar-refractivity contribution is 0.415. The number of rotatable bonds is 3. The maximum atomic E-state index is 5.31. The summed E-state index contributed by atoms with van der Waals surface area (Å²) < 4.78 is 7.08.